The number of ether oxygens (including phenoxy) is 1. The first-order chi connectivity index (χ1) is 26.4. The summed E-state index contributed by atoms with van der Waals surface area (Å²) in [6.07, 6.45) is 0. The number of anilines is 3. The lowest BCUT2D eigenvalue weighted by Gasteiger charge is -2.11. The van der Waals surface area contributed by atoms with Gasteiger partial charge in [0.1, 0.15) is 44.0 Å². The van der Waals surface area contributed by atoms with Gasteiger partial charge in [-0.2, -0.15) is 30.4 Å². The number of rotatable bonds is 15. The highest BCUT2D eigenvalue weighted by Crippen LogP contribution is 2.44. The Morgan fingerprint density at radius 3 is 1.93 bits per heavy atom. The normalized spacial score (nSPS) is 12.8. The average Bonchev–Trinajstić information content (AvgIpc) is 3.09. The van der Waals surface area contributed by atoms with Gasteiger partial charge in [0, 0.05) is 0 Å². The van der Waals surface area contributed by atoms with Crippen LogP contribution in [0.5, 0.6) is 5.75 Å². The number of primary amides is 1. The minimum Gasteiger partial charge on any atom is -0.494 e. The molecule has 4 rings (SSSR count). The molecule has 0 fully saturated rings. The van der Waals surface area contributed by atoms with Gasteiger partial charge >= 0.3 is 16.4 Å². The predicted octanol–water partition coefficient (Wildman–Crippen LogP) is 4.99. The van der Waals surface area contributed by atoms with Crippen molar-refractivity contribution in [2.45, 2.75) is 21.6 Å². The van der Waals surface area contributed by atoms with Crippen LogP contribution in [0, 0.1) is 6.92 Å². The number of carbonyl (C=O) groups is 1. The second-order valence-electron chi connectivity index (χ2n) is 11.2. The summed E-state index contributed by atoms with van der Waals surface area (Å²) in [5.74, 6) is -0.929. The average molecular weight is 871 g/mol. The lowest BCUT2D eigenvalue weighted by Crippen LogP contribution is -2.19. The number of sulfone groups is 1. The summed E-state index contributed by atoms with van der Waals surface area (Å²) in [5, 5.41) is 25.7. The highest BCUT2D eigenvalue weighted by molar-refractivity contribution is 7.91. The van der Waals surface area contributed by atoms with Crippen molar-refractivity contribution in [3.05, 3.63) is 66.2 Å². The molecule has 0 radical (unpaired) electrons. The third kappa shape index (κ3) is 11.5. The van der Waals surface area contributed by atoms with E-state index < -0.39 is 96.3 Å². The smallest absolute Gasteiger partial charge is 0.397 e. The van der Waals surface area contributed by atoms with Crippen LogP contribution >= 0.6 is 0 Å². The van der Waals surface area contributed by atoms with Crippen LogP contribution in [0.1, 0.15) is 5.56 Å². The van der Waals surface area contributed by atoms with Crippen LogP contribution in [0.15, 0.2) is 106 Å². The van der Waals surface area contributed by atoms with Gasteiger partial charge in [0.2, 0.25) is 0 Å². The lowest BCUT2D eigenvalue weighted by molar-refractivity contribution is 0.259. The zero-order valence-electron chi connectivity index (χ0n) is 29.1. The number of azo groups is 3. The van der Waals surface area contributed by atoms with Crippen molar-refractivity contribution < 1.29 is 61.0 Å². The first-order valence-corrected chi connectivity index (χ1v) is 21.1. The molecule has 57 heavy (non-hydrogen) atoms. The van der Waals surface area contributed by atoms with Gasteiger partial charge in [0.15, 0.2) is 9.84 Å². The molecule has 2 amide bonds. The first-order valence-electron chi connectivity index (χ1n) is 15.2. The molecule has 0 bridgehead atoms. The van der Waals surface area contributed by atoms with E-state index in [9.17, 15) is 47.6 Å². The zero-order chi connectivity index (χ0) is 42.5. The van der Waals surface area contributed by atoms with Gasteiger partial charge < -0.3 is 27.3 Å². The monoisotopic (exact) mass is 870 g/mol. The second kappa shape index (κ2) is 17.0. The summed E-state index contributed by atoms with van der Waals surface area (Å²) in [5.41, 5.74) is 15.0. The number of urea groups is 1. The molecule has 304 valence electrons. The number of nitrogens with zero attached hydrogens (tertiary/aromatic N) is 6. The highest BCUT2D eigenvalue weighted by Gasteiger charge is 2.24. The van der Waals surface area contributed by atoms with Gasteiger partial charge in [-0.15, -0.1) is 25.6 Å². The molecule has 4 aromatic rings. The third-order valence-electron chi connectivity index (χ3n) is 7.12. The van der Waals surface area contributed by atoms with Crippen molar-refractivity contribution >= 4 is 97.7 Å². The van der Waals surface area contributed by atoms with E-state index in [1.807, 2.05) is 0 Å². The van der Waals surface area contributed by atoms with Gasteiger partial charge in [-0.25, -0.2) is 17.4 Å². The van der Waals surface area contributed by atoms with Gasteiger partial charge in [0.25, 0.3) is 20.2 Å². The van der Waals surface area contributed by atoms with Crippen LogP contribution < -0.4 is 27.3 Å². The summed E-state index contributed by atoms with van der Waals surface area (Å²) >= 11 is 0. The molecule has 0 aliphatic carbocycles. The summed E-state index contributed by atoms with van der Waals surface area (Å²) in [4.78, 5) is 9.90. The molecule has 4 aromatic carbocycles. The molecule has 0 aliphatic rings. The molecule has 0 aliphatic heterocycles. The minimum absolute atomic E-state index is 0.0445. The maximum atomic E-state index is 12.8. The first kappa shape index (κ1) is 43.7. The lowest BCUT2D eigenvalue weighted by atomic mass is 10.2. The number of nitrogens with two attached hydrogens (primary N) is 3. The molecule has 0 aromatic heterocycles. The number of hydrogen-bond acceptors (Lipinski definition) is 19. The molecular weight excluding hydrogens is 841 g/mol. The second-order valence-corrected chi connectivity index (χ2v) is 17.2. The molecule has 0 spiro atoms. The van der Waals surface area contributed by atoms with Crippen LogP contribution in [0.25, 0.3) is 0 Å². The summed E-state index contributed by atoms with van der Waals surface area (Å²) in [7, 11) is -17.7. The zero-order valence-corrected chi connectivity index (χ0v) is 32.3. The summed E-state index contributed by atoms with van der Waals surface area (Å²) in [6, 6.07) is 10.5. The molecule has 10 N–H and O–H groups in total. The largest absolute Gasteiger partial charge is 0.494 e. The maximum absolute atomic E-state index is 12.8. The van der Waals surface area contributed by atoms with Crippen molar-refractivity contribution in [2.24, 2.45) is 36.4 Å². The molecular formula is C29H30N10O14S4. The Kier molecular flexibility index (Phi) is 13.0. The molecule has 0 unspecified atom stereocenters. The summed E-state index contributed by atoms with van der Waals surface area (Å²) in [6.45, 7) is 0.660. The van der Waals surface area contributed by atoms with Crippen LogP contribution in [0.4, 0.5) is 56.0 Å². The van der Waals surface area contributed by atoms with Crippen molar-refractivity contribution in [3.8, 4) is 5.75 Å². The Hall–Kier alpha value is -6.01. The number of aryl methyl sites for hydroxylation is 1. The van der Waals surface area contributed by atoms with Gasteiger partial charge in [-0.1, -0.05) is 6.07 Å². The Bertz CT molecular complexity index is 2800. The number of nitrogen functional groups attached to an aromatic ring is 2. The molecule has 0 atom stereocenters. The van der Waals surface area contributed by atoms with Gasteiger partial charge in [-0.3, -0.25) is 13.7 Å². The van der Waals surface area contributed by atoms with Crippen molar-refractivity contribution in [1.29, 1.82) is 0 Å². The van der Waals surface area contributed by atoms with E-state index in [0.29, 0.717) is 5.56 Å². The number of amides is 2. The molecule has 28 heteroatoms. The number of carbonyl (C=O) groups excluding carboxylic acids is 1. The molecule has 0 saturated heterocycles. The Balaban J connectivity index is 1.76. The van der Waals surface area contributed by atoms with E-state index in [4.69, 9.17) is 26.5 Å². The van der Waals surface area contributed by atoms with E-state index in [1.54, 1.807) is 6.92 Å². The number of methoxy groups -OCH3 is 1. The summed E-state index contributed by atoms with van der Waals surface area (Å²) < 4.78 is 133. The van der Waals surface area contributed by atoms with E-state index >= 15 is 0 Å². The number of hydrogen-bond donors (Lipinski definition) is 7. The van der Waals surface area contributed by atoms with E-state index in [1.165, 1.54) is 43.5 Å². The van der Waals surface area contributed by atoms with Crippen LogP contribution in [0.2, 0.25) is 0 Å². The van der Waals surface area contributed by atoms with Crippen LogP contribution in [-0.2, 0) is 44.7 Å². The highest BCUT2D eigenvalue weighted by atomic mass is 32.3. The minimum atomic E-state index is -5.09. The fourth-order valence-electron chi connectivity index (χ4n) is 4.52. The van der Waals surface area contributed by atoms with Crippen LogP contribution in [-0.4, -0.2) is 72.8 Å². The molecule has 24 nitrogen and oxygen atoms in total. The Morgan fingerprint density at radius 1 is 0.702 bits per heavy atom. The van der Waals surface area contributed by atoms with E-state index in [0.717, 1.165) is 24.3 Å². The molecule has 0 saturated carbocycles. The Morgan fingerprint density at radius 2 is 1.32 bits per heavy atom. The fraction of sp³-hybridized carbons (Fsp3) is 0.138. The fourth-order valence-corrected chi connectivity index (χ4v) is 7.36. The van der Waals surface area contributed by atoms with E-state index in [2.05, 4.69) is 40.2 Å². The SMILES string of the molecule is COc1ccc(S(=O)(=O)CCOS(=O)(=O)O)cc1N=Nc1cc(S(=O)(=O)O)c(N)c(N=Nc2ccc(N=Nc3ccc(C)cc3S(=O)(=O)O)c(NC(N)=O)c2)c1N. The molecule has 0 heterocycles. The quantitative estimate of drug-likeness (QED) is 0.0470. The predicted molar refractivity (Wildman–Crippen MR) is 201 cm³/mol. The standard InChI is InChI=1S/C29H30N10O14S4/c1-15-3-6-19(24(11-15)55(43,44)45)36-35-18-7-4-16(12-20(18)33-29(32)40)34-39-28-26(30)22(14-25(27(28)31)56(46,47)48)38-37-21-13-17(5-8-23(21)52-2)54(41,42)10-9-53-57(49,50)51/h3-8,11-14H,9-10,30-31H2,1-2H3,(H3,32,33,40)(H,43,44,45)(H,46,47,48)(H,49,50,51). The van der Waals surface area contributed by atoms with Gasteiger partial charge in [0.05, 0.1) is 47.1 Å². The van der Waals surface area contributed by atoms with Crippen molar-refractivity contribution in [3.63, 3.8) is 0 Å². The number of nitrogens with one attached hydrogen (secondary N) is 1. The van der Waals surface area contributed by atoms with Crippen molar-refractivity contribution in [2.75, 3.05) is 36.3 Å². The van der Waals surface area contributed by atoms with Crippen molar-refractivity contribution in [1.82, 2.24) is 0 Å². The Labute approximate surface area is 323 Å². The van der Waals surface area contributed by atoms with Crippen LogP contribution in [0.3, 0.4) is 0 Å². The third-order valence-corrected chi connectivity index (χ3v) is 11.0. The topological polar surface area (TPSA) is 397 Å². The number of benzene rings is 4. The van der Waals surface area contributed by atoms with E-state index in [-0.39, 0.29) is 34.2 Å². The maximum Gasteiger partial charge on any atom is 0.397 e. The van der Waals surface area contributed by atoms with Gasteiger partial charge in [-0.05, 0) is 67.1 Å².